The van der Waals surface area contributed by atoms with Gasteiger partial charge in [-0.05, 0) is 31.9 Å². The van der Waals surface area contributed by atoms with Crippen LogP contribution >= 0.6 is 0 Å². The molecule has 18 heavy (non-hydrogen) atoms. The van der Waals surface area contributed by atoms with E-state index in [-0.39, 0.29) is 5.91 Å². The summed E-state index contributed by atoms with van der Waals surface area (Å²) in [7, 11) is 0. The second-order valence-electron chi connectivity index (χ2n) is 4.87. The van der Waals surface area contributed by atoms with Crippen LogP contribution in [0.4, 0.5) is 0 Å². The Morgan fingerprint density at radius 1 is 1.44 bits per heavy atom. The maximum absolute atomic E-state index is 11.6. The fraction of sp³-hybridized carbons (Fsp3) is 0.615. The lowest BCUT2D eigenvalue weighted by atomic mass is 9.79. The van der Waals surface area contributed by atoms with E-state index in [2.05, 4.69) is 5.32 Å². The van der Waals surface area contributed by atoms with Crippen molar-refractivity contribution < 1.29 is 13.9 Å². The lowest BCUT2D eigenvalue weighted by Crippen LogP contribution is -2.48. The smallest absolute Gasteiger partial charge is 0.225 e. The number of aryl methyl sites for hydroxylation is 1. The molecule has 1 saturated heterocycles. The largest absolute Gasteiger partial charge is 0.465 e. The molecule has 0 bridgehead atoms. The summed E-state index contributed by atoms with van der Waals surface area (Å²) in [6.45, 7) is 4.30. The number of ether oxygens (including phenoxy) is 1. The SMILES string of the molecule is Cc1ccc(CNCC2(C(N)=O)CCOCC2)o1. The van der Waals surface area contributed by atoms with Gasteiger partial charge in [-0.25, -0.2) is 0 Å². The third kappa shape index (κ3) is 2.91. The van der Waals surface area contributed by atoms with Gasteiger partial charge >= 0.3 is 0 Å². The predicted molar refractivity (Wildman–Crippen MR) is 66.8 cm³/mol. The van der Waals surface area contributed by atoms with E-state index >= 15 is 0 Å². The molecule has 1 aromatic rings. The van der Waals surface area contributed by atoms with Crippen molar-refractivity contribution in [1.82, 2.24) is 5.32 Å². The number of carbonyl (C=O) groups is 1. The Morgan fingerprint density at radius 3 is 2.72 bits per heavy atom. The molecule has 0 atom stereocenters. The van der Waals surface area contributed by atoms with Gasteiger partial charge in [-0.2, -0.15) is 0 Å². The van der Waals surface area contributed by atoms with Gasteiger partial charge in [0, 0.05) is 19.8 Å². The molecule has 5 heteroatoms. The molecular weight excluding hydrogens is 232 g/mol. The number of hydrogen-bond acceptors (Lipinski definition) is 4. The molecule has 2 heterocycles. The number of furan rings is 1. The van der Waals surface area contributed by atoms with Crippen LogP contribution in [0.25, 0.3) is 0 Å². The molecule has 0 unspecified atom stereocenters. The van der Waals surface area contributed by atoms with Crippen molar-refractivity contribution in [3.05, 3.63) is 23.7 Å². The van der Waals surface area contributed by atoms with Crippen LogP contribution in [0.5, 0.6) is 0 Å². The minimum absolute atomic E-state index is 0.242. The molecule has 1 aliphatic rings. The van der Waals surface area contributed by atoms with Crippen molar-refractivity contribution in [3.8, 4) is 0 Å². The summed E-state index contributed by atoms with van der Waals surface area (Å²) in [6, 6.07) is 3.86. The third-order valence-electron chi connectivity index (χ3n) is 3.53. The Bertz CT molecular complexity index is 408. The van der Waals surface area contributed by atoms with Crippen LogP contribution in [0.15, 0.2) is 16.5 Å². The van der Waals surface area contributed by atoms with Gasteiger partial charge in [-0.15, -0.1) is 0 Å². The minimum Gasteiger partial charge on any atom is -0.465 e. The van der Waals surface area contributed by atoms with Crippen LogP contribution in [-0.4, -0.2) is 25.7 Å². The van der Waals surface area contributed by atoms with Crippen molar-refractivity contribution in [2.75, 3.05) is 19.8 Å². The van der Waals surface area contributed by atoms with Gasteiger partial charge in [0.1, 0.15) is 11.5 Å². The Labute approximate surface area is 107 Å². The maximum Gasteiger partial charge on any atom is 0.225 e. The van der Waals surface area contributed by atoms with Crippen LogP contribution in [0.1, 0.15) is 24.4 Å². The number of amides is 1. The molecule has 0 aromatic carbocycles. The Kier molecular flexibility index (Phi) is 4.04. The van der Waals surface area contributed by atoms with Gasteiger partial charge in [0.05, 0.1) is 12.0 Å². The van der Waals surface area contributed by atoms with E-state index in [4.69, 9.17) is 14.9 Å². The zero-order chi connectivity index (χ0) is 13.0. The first-order chi connectivity index (χ1) is 8.62. The van der Waals surface area contributed by atoms with E-state index < -0.39 is 5.41 Å². The first kappa shape index (κ1) is 13.1. The lowest BCUT2D eigenvalue weighted by Gasteiger charge is -2.34. The second kappa shape index (κ2) is 5.54. The van der Waals surface area contributed by atoms with Crippen LogP contribution in [0.3, 0.4) is 0 Å². The van der Waals surface area contributed by atoms with Crippen LogP contribution in [0.2, 0.25) is 0 Å². The molecule has 0 aliphatic carbocycles. The summed E-state index contributed by atoms with van der Waals surface area (Å²) in [5, 5.41) is 3.26. The third-order valence-corrected chi connectivity index (χ3v) is 3.53. The molecule has 1 fully saturated rings. The zero-order valence-corrected chi connectivity index (χ0v) is 10.7. The lowest BCUT2D eigenvalue weighted by molar-refractivity contribution is -0.132. The van der Waals surface area contributed by atoms with Crippen molar-refractivity contribution >= 4 is 5.91 Å². The van der Waals surface area contributed by atoms with E-state index in [1.165, 1.54) is 0 Å². The van der Waals surface area contributed by atoms with Gasteiger partial charge in [0.25, 0.3) is 0 Å². The van der Waals surface area contributed by atoms with Gasteiger partial charge < -0.3 is 20.2 Å². The van der Waals surface area contributed by atoms with Gasteiger partial charge in [0.2, 0.25) is 5.91 Å². The summed E-state index contributed by atoms with van der Waals surface area (Å²) >= 11 is 0. The fourth-order valence-electron chi connectivity index (χ4n) is 2.28. The van der Waals surface area contributed by atoms with Crippen LogP contribution in [-0.2, 0) is 16.1 Å². The number of nitrogens with two attached hydrogens (primary N) is 1. The number of primary amides is 1. The summed E-state index contributed by atoms with van der Waals surface area (Å²) in [6.07, 6.45) is 1.37. The van der Waals surface area contributed by atoms with Gasteiger partial charge in [-0.3, -0.25) is 4.79 Å². The van der Waals surface area contributed by atoms with Crippen molar-refractivity contribution in [2.24, 2.45) is 11.1 Å². The zero-order valence-electron chi connectivity index (χ0n) is 10.7. The van der Waals surface area contributed by atoms with Crippen LogP contribution in [0, 0.1) is 12.3 Å². The highest BCUT2D eigenvalue weighted by atomic mass is 16.5. The molecule has 3 N–H and O–H groups in total. The fourth-order valence-corrected chi connectivity index (χ4v) is 2.28. The van der Waals surface area contributed by atoms with Crippen molar-refractivity contribution in [2.45, 2.75) is 26.3 Å². The molecule has 1 aromatic heterocycles. The second-order valence-corrected chi connectivity index (χ2v) is 4.87. The monoisotopic (exact) mass is 252 g/mol. The molecule has 100 valence electrons. The van der Waals surface area contributed by atoms with Gasteiger partial charge in [-0.1, -0.05) is 0 Å². The minimum atomic E-state index is -0.472. The molecule has 0 saturated carbocycles. The summed E-state index contributed by atoms with van der Waals surface area (Å²) < 4.78 is 10.8. The standard InChI is InChI=1S/C13H20N2O3/c1-10-2-3-11(18-10)8-15-9-13(12(14)16)4-6-17-7-5-13/h2-3,15H,4-9H2,1H3,(H2,14,16). The summed E-state index contributed by atoms with van der Waals surface area (Å²) in [4.78, 5) is 11.6. The Balaban J connectivity index is 1.88. The molecule has 0 spiro atoms. The van der Waals surface area contributed by atoms with E-state index in [1.807, 2.05) is 19.1 Å². The predicted octanol–water partition coefficient (Wildman–Crippen LogP) is 0.960. The average molecular weight is 252 g/mol. The molecule has 0 radical (unpaired) electrons. The normalized spacial score (nSPS) is 18.7. The average Bonchev–Trinajstić information content (AvgIpc) is 2.76. The van der Waals surface area contributed by atoms with E-state index in [9.17, 15) is 4.79 Å². The molecule has 5 nitrogen and oxygen atoms in total. The highest BCUT2D eigenvalue weighted by Gasteiger charge is 2.37. The highest BCUT2D eigenvalue weighted by Crippen LogP contribution is 2.29. The van der Waals surface area contributed by atoms with E-state index in [0.29, 0.717) is 39.1 Å². The van der Waals surface area contributed by atoms with Crippen molar-refractivity contribution in [3.63, 3.8) is 0 Å². The first-order valence-corrected chi connectivity index (χ1v) is 6.26. The topological polar surface area (TPSA) is 77.5 Å². The van der Waals surface area contributed by atoms with E-state index in [1.54, 1.807) is 0 Å². The van der Waals surface area contributed by atoms with E-state index in [0.717, 1.165) is 11.5 Å². The molecule has 2 rings (SSSR count). The highest BCUT2D eigenvalue weighted by molar-refractivity contribution is 5.81. The summed E-state index contributed by atoms with van der Waals surface area (Å²) in [5.41, 5.74) is 5.06. The van der Waals surface area contributed by atoms with Crippen molar-refractivity contribution in [1.29, 1.82) is 0 Å². The first-order valence-electron chi connectivity index (χ1n) is 6.26. The molecule has 1 amide bonds. The maximum atomic E-state index is 11.6. The Hall–Kier alpha value is -1.33. The number of hydrogen-bond donors (Lipinski definition) is 2. The van der Waals surface area contributed by atoms with Crippen LogP contribution < -0.4 is 11.1 Å². The summed E-state index contributed by atoms with van der Waals surface area (Å²) in [5.74, 6) is 1.52. The molecule has 1 aliphatic heterocycles. The number of nitrogens with one attached hydrogen (secondary N) is 1. The van der Waals surface area contributed by atoms with Gasteiger partial charge in [0.15, 0.2) is 0 Å². The Morgan fingerprint density at radius 2 is 2.17 bits per heavy atom. The number of rotatable bonds is 5. The quantitative estimate of drug-likeness (QED) is 0.818. The number of carbonyl (C=O) groups excluding carboxylic acids is 1. The molecular formula is C13H20N2O3.